The fourth-order valence-corrected chi connectivity index (χ4v) is 3.58. The molecule has 1 aromatic carbocycles. The predicted molar refractivity (Wildman–Crippen MR) is 99.6 cm³/mol. The molecular formula is C18H12ClFN4OS. The summed E-state index contributed by atoms with van der Waals surface area (Å²) in [7, 11) is 0. The number of aromatic nitrogens is 4. The maximum Gasteiger partial charge on any atom is 0.258 e. The average molecular weight is 387 g/mol. The monoisotopic (exact) mass is 386 g/mol. The van der Waals surface area contributed by atoms with Crippen molar-refractivity contribution in [2.45, 2.75) is 10.9 Å². The third-order valence-electron chi connectivity index (χ3n) is 3.72. The van der Waals surface area contributed by atoms with E-state index >= 15 is 0 Å². The molecule has 3 aromatic heterocycles. The zero-order chi connectivity index (χ0) is 18.1. The van der Waals surface area contributed by atoms with E-state index in [9.17, 15) is 9.18 Å². The van der Waals surface area contributed by atoms with Crippen molar-refractivity contribution in [3.8, 4) is 5.69 Å². The van der Waals surface area contributed by atoms with Gasteiger partial charge in [-0.25, -0.2) is 14.4 Å². The molecule has 0 saturated carbocycles. The molecule has 0 bridgehead atoms. The zero-order valence-corrected chi connectivity index (χ0v) is 14.9. The molecule has 0 saturated heterocycles. The summed E-state index contributed by atoms with van der Waals surface area (Å²) < 4.78 is 16.7. The Bertz CT molecular complexity index is 1160. The number of fused-ring (bicyclic) bond motifs is 1. The van der Waals surface area contributed by atoms with Crippen molar-refractivity contribution in [2.24, 2.45) is 0 Å². The smallest absolute Gasteiger partial charge is 0.258 e. The first-order chi connectivity index (χ1) is 12.6. The van der Waals surface area contributed by atoms with Gasteiger partial charge >= 0.3 is 0 Å². The molecule has 4 aromatic rings. The highest BCUT2D eigenvalue weighted by atomic mass is 35.5. The molecule has 0 aliphatic heterocycles. The summed E-state index contributed by atoms with van der Waals surface area (Å²) in [6.45, 7) is 0. The van der Waals surface area contributed by atoms with Crippen LogP contribution < -0.4 is 5.56 Å². The number of rotatable bonds is 4. The van der Waals surface area contributed by atoms with Crippen LogP contribution in [0.4, 0.5) is 4.39 Å². The first kappa shape index (κ1) is 16.8. The lowest BCUT2D eigenvalue weighted by atomic mass is 10.3. The van der Waals surface area contributed by atoms with Gasteiger partial charge in [-0.05, 0) is 30.3 Å². The first-order valence-electron chi connectivity index (χ1n) is 7.70. The Labute approximate surface area is 157 Å². The lowest BCUT2D eigenvalue weighted by Gasteiger charge is -2.08. The van der Waals surface area contributed by atoms with E-state index in [2.05, 4.69) is 9.97 Å². The van der Waals surface area contributed by atoms with E-state index in [1.807, 2.05) is 0 Å². The fourth-order valence-electron chi connectivity index (χ4n) is 2.56. The van der Waals surface area contributed by atoms with Gasteiger partial charge in [-0.3, -0.25) is 13.8 Å². The second-order valence-electron chi connectivity index (χ2n) is 5.51. The highest BCUT2D eigenvalue weighted by Gasteiger charge is 2.09. The number of hydrogen-bond donors (Lipinski definition) is 0. The van der Waals surface area contributed by atoms with Gasteiger partial charge in [-0.1, -0.05) is 29.4 Å². The number of benzene rings is 1. The predicted octanol–water partition coefficient (Wildman–Crippen LogP) is 3.97. The van der Waals surface area contributed by atoms with Crippen LogP contribution in [-0.2, 0) is 5.75 Å². The molecule has 0 fully saturated rings. The van der Waals surface area contributed by atoms with Gasteiger partial charge in [-0.15, -0.1) is 0 Å². The largest absolute Gasteiger partial charge is 0.295 e. The van der Waals surface area contributed by atoms with Crippen molar-refractivity contribution < 1.29 is 4.39 Å². The molecule has 0 N–H and O–H groups in total. The van der Waals surface area contributed by atoms with Gasteiger partial charge in [0.1, 0.15) is 11.5 Å². The van der Waals surface area contributed by atoms with Crippen LogP contribution in [0, 0.1) is 5.82 Å². The van der Waals surface area contributed by atoms with E-state index in [-0.39, 0.29) is 11.4 Å². The number of hydrogen-bond acceptors (Lipinski definition) is 4. The Kier molecular flexibility index (Phi) is 4.48. The molecule has 0 unspecified atom stereocenters. The van der Waals surface area contributed by atoms with Crippen molar-refractivity contribution in [3.63, 3.8) is 0 Å². The van der Waals surface area contributed by atoms with E-state index in [1.54, 1.807) is 47.4 Å². The summed E-state index contributed by atoms with van der Waals surface area (Å²) in [5.41, 5.74) is 1.66. The zero-order valence-electron chi connectivity index (χ0n) is 13.3. The standard InChI is InChI=1S/C18H12ClFN4OS/c19-12-4-5-16-22-14(9-17(25)24(16)10-12)11-26-18-21-6-7-23(18)15-3-1-2-13(20)8-15/h1-10H,11H2. The van der Waals surface area contributed by atoms with Crippen LogP contribution in [0.3, 0.4) is 0 Å². The van der Waals surface area contributed by atoms with Crippen LogP contribution in [-0.4, -0.2) is 18.9 Å². The van der Waals surface area contributed by atoms with Crippen molar-refractivity contribution in [2.75, 3.05) is 0 Å². The summed E-state index contributed by atoms with van der Waals surface area (Å²) in [6.07, 6.45) is 4.96. The molecule has 130 valence electrons. The summed E-state index contributed by atoms with van der Waals surface area (Å²) in [6, 6.07) is 11.2. The van der Waals surface area contributed by atoms with Gasteiger partial charge in [0.15, 0.2) is 5.16 Å². The third kappa shape index (κ3) is 3.36. The molecule has 5 nitrogen and oxygen atoms in total. The maximum absolute atomic E-state index is 13.5. The minimum Gasteiger partial charge on any atom is -0.295 e. The van der Waals surface area contributed by atoms with Crippen LogP contribution in [0.2, 0.25) is 5.02 Å². The Hall–Kier alpha value is -2.64. The van der Waals surface area contributed by atoms with Gasteiger partial charge < -0.3 is 0 Å². The highest BCUT2D eigenvalue weighted by Crippen LogP contribution is 2.23. The minimum atomic E-state index is -0.310. The van der Waals surface area contributed by atoms with Crippen molar-refractivity contribution in [1.82, 2.24) is 18.9 Å². The normalized spacial score (nSPS) is 11.2. The number of nitrogens with zero attached hydrogens (tertiary/aromatic N) is 4. The summed E-state index contributed by atoms with van der Waals surface area (Å²) in [5, 5.41) is 1.16. The molecule has 26 heavy (non-hydrogen) atoms. The number of thioether (sulfide) groups is 1. The van der Waals surface area contributed by atoms with Crippen LogP contribution in [0.15, 0.2) is 71.0 Å². The second-order valence-corrected chi connectivity index (χ2v) is 6.89. The molecule has 0 amide bonds. The van der Waals surface area contributed by atoms with Crippen LogP contribution in [0.1, 0.15) is 5.69 Å². The Morgan fingerprint density at radius 3 is 2.92 bits per heavy atom. The van der Waals surface area contributed by atoms with Gasteiger partial charge in [-0.2, -0.15) is 0 Å². The minimum absolute atomic E-state index is 0.193. The van der Waals surface area contributed by atoms with Crippen molar-refractivity contribution >= 4 is 29.0 Å². The van der Waals surface area contributed by atoms with Crippen LogP contribution in [0.5, 0.6) is 0 Å². The molecule has 0 spiro atoms. The Morgan fingerprint density at radius 2 is 2.08 bits per heavy atom. The molecule has 4 rings (SSSR count). The molecule has 8 heteroatoms. The van der Waals surface area contributed by atoms with Gasteiger partial charge in [0.2, 0.25) is 0 Å². The molecule has 0 radical (unpaired) electrons. The molecule has 3 heterocycles. The van der Waals surface area contributed by atoms with E-state index in [0.29, 0.717) is 33.0 Å². The summed E-state index contributed by atoms with van der Waals surface area (Å²) in [5.74, 6) is 0.149. The van der Waals surface area contributed by atoms with Crippen LogP contribution in [0.25, 0.3) is 11.3 Å². The SMILES string of the molecule is O=c1cc(CSc2nccn2-c2cccc(F)c2)nc2ccc(Cl)cn12. The van der Waals surface area contributed by atoms with E-state index < -0.39 is 0 Å². The number of halogens is 2. The maximum atomic E-state index is 13.5. The summed E-state index contributed by atoms with van der Waals surface area (Å²) >= 11 is 7.34. The Balaban J connectivity index is 1.61. The lowest BCUT2D eigenvalue weighted by Crippen LogP contribution is -2.15. The van der Waals surface area contributed by atoms with E-state index in [4.69, 9.17) is 11.6 Å². The third-order valence-corrected chi connectivity index (χ3v) is 4.94. The fraction of sp³-hybridized carbons (Fsp3) is 0.0556. The van der Waals surface area contributed by atoms with Crippen LogP contribution >= 0.6 is 23.4 Å². The lowest BCUT2D eigenvalue weighted by molar-refractivity contribution is 0.626. The van der Waals surface area contributed by atoms with Crippen molar-refractivity contribution in [1.29, 1.82) is 0 Å². The molecule has 0 atom stereocenters. The van der Waals surface area contributed by atoms with Gasteiger partial charge in [0.25, 0.3) is 5.56 Å². The number of pyridine rings is 1. The molecule has 0 aliphatic rings. The van der Waals surface area contributed by atoms with E-state index in [1.165, 1.54) is 34.4 Å². The van der Waals surface area contributed by atoms with E-state index in [0.717, 1.165) is 0 Å². The quantitative estimate of drug-likeness (QED) is 0.498. The molecule has 0 aliphatic carbocycles. The van der Waals surface area contributed by atoms with Gasteiger partial charge in [0.05, 0.1) is 16.4 Å². The number of imidazole rings is 1. The highest BCUT2D eigenvalue weighted by molar-refractivity contribution is 7.98. The van der Waals surface area contributed by atoms with Gasteiger partial charge in [0, 0.05) is 30.4 Å². The Morgan fingerprint density at radius 1 is 1.19 bits per heavy atom. The second kappa shape index (κ2) is 6.93. The molecular weight excluding hydrogens is 375 g/mol. The topological polar surface area (TPSA) is 52.2 Å². The summed E-state index contributed by atoms with van der Waals surface area (Å²) in [4.78, 5) is 21.0. The first-order valence-corrected chi connectivity index (χ1v) is 9.06. The van der Waals surface area contributed by atoms with Crippen molar-refractivity contribution in [3.05, 3.63) is 87.9 Å². The average Bonchev–Trinajstić information content (AvgIpc) is 3.09.